The van der Waals surface area contributed by atoms with Crippen LogP contribution in [0, 0.1) is 0 Å². The standard InChI is InChI=1S/C20H20N4O2/c1-15(25)16-7-9-18(10-8-16)23-11-13-24(14-12-23)20-21-19(22-26-20)17-5-3-2-4-6-17/h2-10H,11-14H2,1H3. The molecular formula is C20H20N4O2. The van der Waals surface area contributed by atoms with Gasteiger partial charge >= 0.3 is 6.01 Å². The molecule has 1 saturated heterocycles. The Kier molecular flexibility index (Phi) is 4.39. The second kappa shape index (κ2) is 7.00. The van der Waals surface area contributed by atoms with E-state index in [0.717, 1.165) is 43.0 Å². The largest absolute Gasteiger partial charge is 0.368 e. The van der Waals surface area contributed by atoms with Crippen LogP contribution in [0.4, 0.5) is 11.7 Å². The van der Waals surface area contributed by atoms with Crippen LogP contribution in [0.2, 0.25) is 0 Å². The van der Waals surface area contributed by atoms with Gasteiger partial charge in [-0.1, -0.05) is 35.5 Å². The Labute approximate surface area is 152 Å². The topological polar surface area (TPSA) is 62.5 Å². The van der Waals surface area contributed by atoms with Crippen LogP contribution in [-0.4, -0.2) is 42.1 Å². The molecule has 0 amide bonds. The Morgan fingerprint density at radius 1 is 0.923 bits per heavy atom. The summed E-state index contributed by atoms with van der Waals surface area (Å²) in [6, 6.07) is 18.2. The van der Waals surface area contributed by atoms with E-state index in [2.05, 4.69) is 19.9 Å². The maximum absolute atomic E-state index is 11.4. The van der Waals surface area contributed by atoms with E-state index in [1.807, 2.05) is 54.6 Å². The lowest BCUT2D eigenvalue weighted by atomic mass is 10.1. The third-order valence-corrected chi connectivity index (χ3v) is 4.64. The highest BCUT2D eigenvalue weighted by Crippen LogP contribution is 2.22. The van der Waals surface area contributed by atoms with Gasteiger partial charge in [-0.25, -0.2) is 0 Å². The average Bonchev–Trinajstić information content (AvgIpc) is 3.19. The van der Waals surface area contributed by atoms with E-state index >= 15 is 0 Å². The van der Waals surface area contributed by atoms with Crippen LogP contribution in [0.3, 0.4) is 0 Å². The van der Waals surface area contributed by atoms with Crippen molar-refractivity contribution in [3.63, 3.8) is 0 Å². The van der Waals surface area contributed by atoms with Crippen molar-refractivity contribution in [2.24, 2.45) is 0 Å². The van der Waals surface area contributed by atoms with Crippen molar-refractivity contribution in [3.05, 3.63) is 60.2 Å². The number of Topliss-reactive ketones (excluding diaryl/α,β-unsaturated/α-hetero) is 1. The van der Waals surface area contributed by atoms with Crippen LogP contribution >= 0.6 is 0 Å². The molecule has 1 fully saturated rings. The average molecular weight is 348 g/mol. The molecule has 4 rings (SSSR count). The minimum atomic E-state index is 0.0898. The maximum atomic E-state index is 11.4. The van der Waals surface area contributed by atoms with Gasteiger partial charge in [-0.2, -0.15) is 4.98 Å². The van der Waals surface area contributed by atoms with E-state index in [1.165, 1.54) is 0 Å². The summed E-state index contributed by atoms with van der Waals surface area (Å²) in [5.74, 6) is 0.704. The van der Waals surface area contributed by atoms with Crippen LogP contribution in [0.25, 0.3) is 11.4 Å². The third kappa shape index (κ3) is 3.31. The lowest BCUT2D eigenvalue weighted by molar-refractivity contribution is 0.101. The Morgan fingerprint density at radius 3 is 2.23 bits per heavy atom. The van der Waals surface area contributed by atoms with Gasteiger partial charge in [-0.05, 0) is 31.2 Å². The third-order valence-electron chi connectivity index (χ3n) is 4.64. The van der Waals surface area contributed by atoms with Crippen LogP contribution in [0.15, 0.2) is 59.1 Å². The van der Waals surface area contributed by atoms with Crippen LogP contribution < -0.4 is 9.80 Å². The van der Waals surface area contributed by atoms with Gasteiger partial charge < -0.3 is 14.3 Å². The normalized spacial score (nSPS) is 14.5. The Morgan fingerprint density at radius 2 is 1.58 bits per heavy atom. The molecule has 0 radical (unpaired) electrons. The fraction of sp³-hybridized carbons (Fsp3) is 0.250. The summed E-state index contributed by atoms with van der Waals surface area (Å²) in [5.41, 5.74) is 2.82. The monoisotopic (exact) mass is 348 g/mol. The molecule has 1 aliphatic rings. The zero-order valence-electron chi connectivity index (χ0n) is 14.6. The van der Waals surface area contributed by atoms with E-state index in [1.54, 1.807) is 6.92 Å². The zero-order valence-corrected chi connectivity index (χ0v) is 14.6. The van der Waals surface area contributed by atoms with E-state index in [0.29, 0.717) is 11.8 Å². The molecule has 0 aliphatic carbocycles. The summed E-state index contributed by atoms with van der Waals surface area (Å²) < 4.78 is 5.45. The number of anilines is 2. The molecule has 0 spiro atoms. The highest BCUT2D eigenvalue weighted by Gasteiger charge is 2.22. The lowest BCUT2D eigenvalue weighted by Crippen LogP contribution is -2.46. The molecule has 2 aromatic carbocycles. The number of benzene rings is 2. The first-order valence-corrected chi connectivity index (χ1v) is 8.71. The predicted molar refractivity (Wildman–Crippen MR) is 101 cm³/mol. The fourth-order valence-electron chi connectivity index (χ4n) is 3.11. The Hall–Kier alpha value is -3.15. The molecule has 1 aromatic heterocycles. The molecule has 0 saturated carbocycles. The number of hydrogen-bond acceptors (Lipinski definition) is 6. The van der Waals surface area contributed by atoms with Crippen LogP contribution in [-0.2, 0) is 0 Å². The minimum absolute atomic E-state index is 0.0898. The molecule has 3 aromatic rings. The SMILES string of the molecule is CC(=O)c1ccc(N2CCN(c3nc(-c4ccccc4)no3)CC2)cc1. The smallest absolute Gasteiger partial charge is 0.324 e. The van der Waals surface area contributed by atoms with Gasteiger partial charge in [0, 0.05) is 43.0 Å². The summed E-state index contributed by atoms with van der Waals surface area (Å²) in [4.78, 5) is 20.3. The van der Waals surface area contributed by atoms with Gasteiger partial charge in [-0.15, -0.1) is 0 Å². The molecule has 0 bridgehead atoms. The molecule has 0 unspecified atom stereocenters. The molecule has 2 heterocycles. The van der Waals surface area contributed by atoms with Gasteiger partial charge in [-0.3, -0.25) is 4.79 Å². The molecular weight excluding hydrogens is 328 g/mol. The number of aromatic nitrogens is 2. The Balaban J connectivity index is 1.41. The van der Waals surface area contributed by atoms with E-state index in [4.69, 9.17) is 4.52 Å². The highest BCUT2D eigenvalue weighted by molar-refractivity contribution is 5.94. The summed E-state index contributed by atoms with van der Waals surface area (Å²) in [7, 11) is 0. The first-order valence-electron chi connectivity index (χ1n) is 8.71. The van der Waals surface area contributed by atoms with E-state index < -0.39 is 0 Å². The van der Waals surface area contributed by atoms with Gasteiger partial charge in [0.15, 0.2) is 5.78 Å². The maximum Gasteiger partial charge on any atom is 0.324 e. The predicted octanol–water partition coefficient (Wildman–Crippen LogP) is 3.27. The summed E-state index contributed by atoms with van der Waals surface area (Å²) in [6.45, 7) is 4.93. The van der Waals surface area contributed by atoms with E-state index in [-0.39, 0.29) is 5.78 Å². The van der Waals surface area contributed by atoms with Gasteiger partial charge in [0.25, 0.3) is 0 Å². The summed E-state index contributed by atoms with van der Waals surface area (Å²) >= 11 is 0. The number of carbonyl (C=O) groups is 1. The molecule has 26 heavy (non-hydrogen) atoms. The minimum Gasteiger partial charge on any atom is -0.368 e. The second-order valence-electron chi connectivity index (χ2n) is 6.34. The molecule has 0 N–H and O–H groups in total. The van der Waals surface area contributed by atoms with Crippen molar-refractivity contribution in [1.29, 1.82) is 0 Å². The van der Waals surface area contributed by atoms with Gasteiger partial charge in [0.1, 0.15) is 0 Å². The molecule has 6 nitrogen and oxygen atoms in total. The number of ketones is 1. The summed E-state index contributed by atoms with van der Waals surface area (Å²) in [5, 5.41) is 4.09. The van der Waals surface area contributed by atoms with Crippen molar-refractivity contribution in [2.45, 2.75) is 6.92 Å². The number of hydrogen-bond donors (Lipinski definition) is 0. The quantitative estimate of drug-likeness (QED) is 0.675. The molecule has 132 valence electrons. The van der Waals surface area contributed by atoms with Gasteiger partial charge in [0.2, 0.25) is 5.82 Å². The summed E-state index contributed by atoms with van der Waals surface area (Å²) in [6.07, 6.45) is 0. The molecule has 6 heteroatoms. The lowest BCUT2D eigenvalue weighted by Gasteiger charge is -2.35. The van der Waals surface area contributed by atoms with Crippen LogP contribution in [0.1, 0.15) is 17.3 Å². The van der Waals surface area contributed by atoms with E-state index in [9.17, 15) is 4.79 Å². The highest BCUT2D eigenvalue weighted by atomic mass is 16.5. The number of rotatable bonds is 4. The first kappa shape index (κ1) is 16.3. The first-order chi connectivity index (χ1) is 12.7. The Bertz CT molecular complexity index is 882. The number of nitrogens with zero attached hydrogens (tertiary/aromatic N) is 4. The number of carbonyl (C=O) groups excluding carboxylic acids is 1. The van der Waals surface area contributed by atoms with Gasteiger partial charge in [0.05, 0.1) is 0 Å². The van der Waals surface area contributed by atoms with Crippen molar-refractivity contribution in [1.82, 2.24) is 10.1 Å². The second-order valence-corrected chi connectivity index (χ2v) is 6.34. The zero-order chi connectivity index (χ0) is 17.9. The van der Waals surface area contributed by atoms with Crippen molar-refractivity contribution in [3.8, 4) is 11.4 Å². The van der Waals surface area contributed by atoms with Crippen molar-refractivity contribution >= 4 is 17.5 Å². The van der Waals surface area contributed by atoms with Crippen LogP contribution in [0.5, 0.6) is 0 Å². The van der Waals surface area contributed by atoms with Crippen molar-refractivity contribution in [2.75, 3.05) is 36.0 Å². The fourth-order valence-corrected chi connectivity index (χ4v) is 3.11. The number of piperazine rings is 1. The molecule has 0 atom stereocenters. The molecule has 1 aliphatic heterocycles. The van der Waals surface area contributed by atoms with Crippen molar-refractivity contribution < 1.29 is 9.32 Å².